The van der Waals surface area contributed by atoms with Crippen molar-refractivity contribution in [2.75, 3.05) is 13.1 Å². The maximum atomic E-state index is 11.8. The van der Waals surface area contributed by atoms with E-state index in [1.165, 1.54) is 0 Å². The summed E-state index contributed by atoms with van der Waals surface area (Å²) in [4.78, 5) is 33.2. The van der Waals surface area contributed by atoms with Gasteiger partial charge in [0.2, 0.25) is 5.91 Å². The van der Waals surface area contributed by atoms with E-state index in [0.717, 1.165) is 24.4 Å². The maximum absolute atomic E-state index is 11.8. The zero-order valence-corrected chi connectivity index (χ0v) is 13.4. The van der Waals surface area contributed by atoms with Crippen LogP contribution < -0.4 is 0 Å². The van der Waals surface area contributed by atoms with E-state index in [4.69, 9.17) is 5.11 Å². The summed E-state index contributed by atoms with van der Waals surface area (Å²) in [6, 6.07) is 1.89. The van der Waals surface area contributed by atoms with Crippen LogP contribution in [0.25, 0.3) is 0 Å². The molecule has 6 heteroatoms. The van der Waals surface area contributed by atoms with Gasteiger partial charge in [0, 0.05) is 36.8 Å². The minimum absolute atomic E-state index is 0.0644. The summed E-state index contributed by atoms with van der Waals surface area (Å²) in [7, 11) is 0. The van der Waals surface area contributed by atoms with Crippen LogP contribution in [0.3, 0.4) is 0 Å². The lowest BCUT2D eigenvalue weighted by Crippen LogP contribution is -2.27. The highest BCUT2D eigenvalue weighted by Gasteiger charge is 2.33. The van der Waals surface area contributed by atoms with Crippen LogP contribution in [0.15, 0.2) is 12.3 Å². The molecule has 2 rings (SSSR count). The smallest absolute Gasteiger partial charge is 0.308 e. The van der Waals surface area contributed by atoms with E-state index in [9.17, 15) is 9.59 Å². The topological polar surface area (TPSA) is 83.4 Å². The molecule has 0 aliphatic carbocycles. The molecule has 6 nitrogen and oxygen atoms in total. The van der Waals surface area contributed by atoms with E-state index in [2.05, 4.69) is 30.7 Å². The van der Waals surface area contributed by atoms with Crippen LogP contribution in [0.5, 0.6) is 0 Å². The molecule has 0 saturated carbocycles. The van der Waals surface area contributed by atoms with Crippen LogP contribution >= 0.6 is 0 Å². The second-order valence-corrected chi connectivity index (χ2v) is 6.80. The summed E-state index contributed by atoms with van der Waals surface area (Å²) in [6.45, 7) is 7.12. The van der Waals surface area contributed by atoms with Crippen molar-refractivity contribution in [1.29, 1.82) is 0 Å². The summed E-state index contributed by atoms with van der Waals surface area (Å²) in [5.41, 5.74) is 0.872. The number of aryl methyl sites for hydroxylation is 1. The quantitative estimate of drug-likeness (QED) is 0.894. The summed E-state index contributed by atoms with van der Waals surface area (Å²) in [5.74, 6) is -0.695. The number of amides is 1. The second-order valence-electron chi connectivity index (χ2n) is 6.80. The molecule has 22 heavy (non-hydrogen) atoms. The molecule has 1 aliphatic rings. The molecule has 1 saturated heterocycles. The fourth-order valence-electron chi connectivity index (χ4n) is 2.50. The Morgan fingerprint density at radius 1 is 1.45 bits per heavy atom. The fourth-order valence-corrected chi connectivity index (χ4v) is 2.50. The molecule has 1 aromatic heterocycles. The third-order valence-corrected chi connectivity index (χ3v) is 3.81. The lowest BCUT2D eigenvalue weighted by molar-refractivity contribution is -0.141. The number of hydrogen-bond acceptors (Lipinski definition) is 4. The highest BCUT2D eigenvalue weighted by molar-refractivity contribution is 5.86. The van der Waals surface area contributed by atoms with E-state index in [1.54, 1.807) is 11.1 Å². The maximum Gasteiger partial charge on any atom is 0.308 e. The molecule has 1 atom stereocenters. The first-order valence-electron chi connectivity index (χ1n) is 7.60. The summed E-state index contributed by atoms with van der Waals surface area (Å²) in [6.07, 6.45) is 3.42. The van der Waals surface area contributed by atoms with Crippen molar-refractivity contribution < 1.29 is 14.7 Å². The average Bonchev–Trinajstić information content (AvgIpc) is 2.80. The van der Waals surface area contributed by atoms with E-state index in [0.29, 0.717) is 13.1 Å². The molecular formula is C16H23N3O3. The van der Waals surface area contributed by atoms with Crippen LogP contribution in [-0.4, -0.2) is 44.9 Å². The van der Waals surface area contributed by atoms with Gasteiger partial charge in [0.25, 0.3) is 0 Å². The zero-order valence-electron chi connectivity index (χ0n) is 13.4. The SMILES string of the molecule is CC(C)(C)c1nccc(CCCN2CC(C(=O)O)CC2=O)n1. The fraction of sp³-hybridized carbons (Fsp3) is 0.625. The van der Waals surface area contributed by atoms with E-state index in [1.807, 2.05) is 6.07 Å². The van der Waals surface area contributed by atoms with Gasteiger partial charge in [-0.15, -0.1) is 0 Å². The molecule has 120 valence electrons. The van der Waals surface area contributed by atoms with Crippen molar-refractivity contribution in [3.05, 3.63) is 23.8 Å². The van der Waals surface area contributed by atoms with Crippen molar-refractivity contribution in [1.82, 2.24) is 14.9 Å². The van der Waals surface area contributed by atoms with Crippen LogP contribution in [0.4, 0.5) is 0 Å². The summed E-state index contributed by atoms with van der Waals surface area (Å²) >= 11 is 0. The van der Waals surface area contributed by atoms with Gasteiger partial charge in [-0.25, -0.2) is 9.97 Å². The molecule has 2 heterocycles. The first-order valence-corrected chi connectivity index (χ1v) is 7.60. The van der Waals surface area contributed by atoms with Crippen molar-refractivity contribution in [3.63, 3.8) is 0 Å². The molecular weight excluding hydrogens is 282 g/mol. The van der Waals surface area contributed by atoms with Crippen molar-refractivity contribution in [2.24, 2.45) is 5.92 Å². The molecule has 0 aromatic carbocycles. The number of hydrogen-bond donors (Lipinski definition) is 1. The molecule has 0 bridgehead atoms. The summed E-state index contributed by atoms with van der Waals surface area (Å²) < 4.78 is 0. The molecule has 1 fully saturated rings. The van der Waals surface area contributed by atoms with Gasteiger partial charge in [0.1, 0.15) is 5.82 Å². The summed E-state index contributed by atoms with van der Waals surface area (Å²) in [5, 5.41) is 8.96. The lowest BCUT2D eigenvalue weighted by Gasteiger charge is -2.18. The highest BCUT2D eigenvalue weighted by atomic mass is 16.4. The van der Waals surface area contributed by atoms with Gasteiger partial charge in [-0.3, -0.25) is 9.59 Å². The first kappa shape index (κ1) is 16.4. The Kier molecular flexibility index (Phi) is 4.78. The van der Waals surface area contributed by atoms with Gasteiger partial charge < -0.3 is 10.0 Å². The molecule has 1 aliphatic heterocycles. The van der Waals surface area contributed by atoms with Crippen LogP contribution in [0, 0.1) is 5.92 Å². The van der Waals surface area contributed by atoms with Crippen LogP contribution in [-0.2, 0) is 21.4 Å². The minimum atomic E-state index is -0.888. The Labute approximate surface area is 130 Å². The molecule has 1 N–H and O–H groups in total. The predicted molar refractivity (Wildman–Crippen MR) is 81.4 cm³/mol. The number of likely N-dealkylation sites (tertiary alicyclic amines) is 1. The molecule has 1 aromatic rings. The Balaban J connectivity index is 1.87. The van der Waals surface area contributed by atoms with Crippen molar-refractivity contribution >= 4 is 11.9 Å². The predicted octanol–water partition coefficient (Wildman–Crippen LogP) is 1.64. The zero-order chi connectivity index (χ0) is 16.3. The van der Waals surface area contributed by atoms with Crippen molar-refractivity contribution in [2.45, 2.75) is 45.4 Å². The molecule has 1 amide bonds. The Morgan fingerprint density at radius 3 is 2.77 bits per heavy atom. The molecule has 0 spiro atoms. The Hall–Kier alpha value is -1.98. The largest absolute Gasteiger partial charge is 0.481 e. The van der Waals surface area contributed by atoms with Crippen LogP contribution in [0.1, 0.15) is 45.1 Å². The molecule has 1 unspecified atom stereocenters. The average molecular weight is 305 g/mol. The third kappa shape index (κ3) is 4.02. The third-order valence-electron chi connectivity index (χ3n) is 3.81. The van der Waals surface area contributed by atoms with Gasteiger partial charge in [0.05, 0.1) is 5.92 Å². The standard InChI is InChI=1S/C16H23N3O3/c1-16(2,3)15-17-7-6-12(18-15)5-4-8-19-10-11(14(21)22)9-13(19)20/h6-7,11H,4-5,8-10H2,1-3H3,(H,21,22). The number of nitrogens with zero attached hydrogens (tertiary/aromatic N) is 3. The number of carbonyl (C=O) groups is 2. The monoisotopic (exact) mass is 305 g/mol. The second kappa shape index (κ2) is 6.42. The molecule has 0 radical (unpaired) electrons. The number of rotatable bonds is 5. The van der Waals surface area contributed by atoms with Gasteiger partial charge in [0.15, 0.2) is 0 Å². The van der Waals surface area contributed by atoms with E-state index < -0.39 is 11.9 Å². The Bertz CT molecular complexity index is 566. The van der Waals surface area contributed by atoms with Crippen LogP contribution in [0.2, 0.25) is 0 Å². The van der Waals surface area contributed by atoms with Gasteiger partial charge >= 0.3 is 5.97 Å². The number of carboxylic acid groups (broad SMARTS) is 1. The van der Waals surface area contributed by atoms with Gasteiger partial charge in [-0.2, -0.15) is 0 Å². The van der Waals surface area contributed by atoms with E-state index >= 15 is 0 Å². The van der Waals surface area contributed by atoms with Crippen molar-refractivity contribution in [3.8, 4) is 0 Å². The number of carbonyl (C=O) groups excluding carboxylic acids is 1. The van der Waals surface area contributed by atoms with Gasteiger partial charge in [-0.05, 0) is 18.9 Å². The number of carboxylic acids is 1. The highest BCUT2D eigenvalue weighted by Crippen LogP contribution is 2.19. The first-order chi connectivity index (χ1) is 10.3. The van der Waals surface area contributed by atoms with E-state index in [-0.39, 0.29) is 17.7 Å². The lowest BCUT2D eigenvalue weighted by atomic mass is 9.95. The van der Waals surface area contributed by atoms with Gasteiger partial charge in [-0.1, -0.05) is 20.8 Å². The minimum Gasteiger partial charge on any atom is -0.481 e. The number of aromatic nitrogens is 2. The number of aliphatic carboxylic acids is 1. The normalized spacial score (nSPS) is 18.8. The Morgan fingerprint density at radius 2 is 2.18 bits per heavy atom.